The topological polar surface area (TPSA) is 88.2 Å². The van der Waals surface area contributed by atoms with Crippen molar-refractivity contribution in [3.8, 4) is 0 Å². The Morgan fingerprint density at radius 2 is 1.68 bits per heavy atom. The number of halogens is 2. The Balaban J connectivity index is 1.78. The highest BCUT2D eigenvalue weighted by Gasteiger charge is 2.17. The summed E-state index contributed by atoms with van der Waals surface area (Å²) in [4.78, 5) is 18.2. The van der Waals surface area contributed by atoms with Crippen LogP contribution in [0.25, 0.3) is 10.9 Å². The molecule has 1 aromatic heterocycles. The van der Waals surface area contributed by atoms with Crippen molar-refractivity contribution in [2.24, 2.45) is 0 Å². The van der Waals surface area contributed by atoms with Crippen molar-refractivity contribution in [2.75, 3.05) is 0 Å². The summed E-state index contributed by atoms with van der Waals surface area (Å²) >= 11 is 11.6. The van der Waals surface area contributed by atoms with E-state index in [1.165, 1.54) is 24.4 Å². The van der Waals surface area contributed by atoms with Crippen LogP contribution in [0, 0.1) is 0 Å². The number of sulfonamides is 1. The van der Waals surface area contributed by atoms with Crippen molar-refractivity contribution < 1.29 is 13.2 Å². The van der Waals surface area contributed by atoms with Gasteiger partial charge in [0.15, 0.2) is 0 Å². The molecule has 0 radical (unpaired) electrons. The van der Waals surface area contributed by atoms with Crippen LogP contribution in [0.15, 0.2) is 59.6 Å². The number of benzene rings is 2. The molecule has 0 bridgehead atoms. The Labute approximate surface area is 153 Å². The molecule has 0 fully saturated rings. The van der Waals surface area contributed by atoms with Crippen molar-refractivity contribution in [2.45, 2.75) is 4.90 Å². The van der Waals surface area contributed by atoms with Gasteiger partial charge in [-0.25, -0.2) is 8.42 Å². The van der Waals surface area contributed by atoms with Gasteiger partial charge >= 0.3 is 0 Å². The maximum absolute atomic E-state index is 12.2. The van der Waals surface area contributed by atoms with E-state index in [0.717, 1.165) is 10.9 Å². The molecule has 1 amide bonds. The fourth-order valence-electron chi connectivity index (χ4n) is 2.12. The Bertz CT molecular complexity index is 1050. The van der Waals surface area contributed by atoms with Crippen LogP contribution in [0.2, 0.25) is 10.0 Å². The number of aromatic nitrogens is 1. The molecule has 25 heavy (non-hydrogen) atoms. The first-order valence-corrected chi connectivity index (χ1v) is 9.22. The molecule has 1 heterocycles. The minimum absolute atomic E-state index is 0.165. The summed E-state index contributed by atoms with van der Waals surface area (Å²) in [5.41, 5.74) is 3.08. The zero-order valence-electron chi connectivity index (χ0n) is 12.5. The van der Waals surface area contributed by atoms with Gasteiger partial charge in [0.2, 0.25) is 0 Å². The van der Waals surface area contributed by atoms with Crippen molar-refractivity contribution in [1.29, 1.82) is 0 Å². The van der Waals surface area contributed by atoms with E-state index in [1.54, 1.807) is 12.1 Å². The number of amides is 1. The summed E-state index contributed by atoms with van der Waals surface area (Å²) in [6.07, 6.45) is 1.36. The van der Waals surface area contributed by atoms with Crippen LogP contribution in [0.1, 0.15) is 10.4 Å². The number of hydrogen-bond acceptors (Lipinski definition) is 4. The largest absolute Gasteiger partial charge is 0.273 e. The molecule has 3 aromatic rings. The van der Waals surface area contributed by atoms with E-state index in [0.29, 0.717) is 0 Å². The lowest BCUT2D eigenvalue weighted by Crippen LogP contribution is -2.41. The second-order valence-corrected chi connectivity index (χ2v) is 7.64. The molecular weight excluding hydrogens is 385 g/mol. The molecular formula is C16H11Cl2N3O3S. The van der Waals surface area contributed by atoms with Gasteiger partial charge in [-0.2, -0.15) is 0 Å². The van der Waals surface area contributed by atoms with Crippen LogP contribution in [0.3, 0.4) is 0 Å². The second kappa shape index (κ2) is 6.97. The standard InChI is InChI=1S/C16H11Cl2N3O3S/c17-12-6-13(18)8-14(7-12)25(23,24)21-20-16(22)11-5-10-3-1-2-4-15(10)19-9-11/h1-9,21H,(H,20,22). The first-order valence-electron chi connectivity index (χ1n) is 6.98. The highest BCUT2D eigenvalue weighted by atomic mass is 35.5. The molecule has 0 saturated carbocycles. The Hall–Kier alpha value is -2.19. The van der Waals surface area contributed by atoms with Crippen molar-refractivity contribution in [3.63, 3.8) is 0 Å². The molecule has 9 heteroatoms. The van der Waals surface area contributed by atoms with E-state index in [9.17, 15) is 13.2 Å². The third-order valence-corrected chi connectivity index (χ3v) is 4.96. The van der Waals surface area contributed by atoms with Gasteiger partial charge in [-0.3, -0.25) is 15.2 Å². The molecule has 6 nitrogen and oxygen atoms in total. The molecule has 0 unspecified atom stereocenters. The predicted molar refractivity (Wildman–Crippen MR) is 96.0 cm³/mol. The summed E-state index contributed by atoms with van der Waals surface area (Å²) in [5, 5.41) is 1.09. The van der Waals surface area contributed by atoms with E-state index in [2.05, 4.69) is 10.4 Å². The number of nitrogens with zero attached hydrogens (tertiary/aromatic N) is 1. The lowest BCUT2D eigenvalue weighted by atomic mass is 10.1. The smallest absolute Gasteiger partial charge is 0.267 e. The van der Waals surface area contributed by atoms with Gasteiger partial charge in [0.05, 0.1) is 16.0 Å². The van der Waals surface area contributed by atoms with E-state index in [1.807, 2.05) is 23.0 Å². The lowest BCUT2D eigenvalue weighted by Gasteiger charge is -2.09. The summed E-state index contributed by atoms with van der Waals surface area (Å²) in [7, 11) is -4.02. The summed E-state index contributed by atoms with van der Waals surface area (Å²) in [5.74, 6) is -0.644. The molecule has 0 aliphatic rings. The van der Waals surface area contributed by atoms with Gasteiger partial charge < -0.3 is 0 Å². The van der Waals surface area contributed by atoms with E-state index < -0.39 is 15.9 Å². The Morgan fingerprint density at radius 1 is 1.00 bits per heavy atom. The third kappa shape index (κ3) is 4.08. The maximum atomic E-state index is 12.2. The number of carbonyl (C=O) groups excluding carboxylic acids is 1. The Morgan fingerprint density at radius 3 is 2.40 bits per heavy atom. The molecule has 3 rings (SSSR count). The minimum Gasteiger partial charge on any atom is -0.273 e. The van der Waals surface area contributed by atoms with Gasteiger partial charge in [0, 0.05) is 21.6 Å². The first kappa shape index (κ1) is 17.6. The molecule has 0 saturated heterocycles. The number of hydrazine groups is 1. The van der Waals surface area contributed by atoms with Gasteiger partial charge in [0.25, 0.3) is 15.9 Å². The van der Waals surface area contributed by atoms with Gasteiger partial charge in [0.1, 0.15) is 0 Å². The SMILES string of the molecule is O=C(NNS(=O)(=O)c1cc(Cl)cc(Cl)c1)c1cnc2ccccc2c1. The molecule has 128 valence electrons. The van der Waals surface area contributed by atoms with Crippen LogP contribution in [0.5, 0.6) is 0 Å². The maximum Gasteiger partial charge on any atom is 0.267 e. The van der Waals surface area contributed by atoms with Gasteiger partial charge in [-0.1, -0.05) is 41.4 Å². The zero-order valence-corrected chi connectivity index (χ0v) is 14.9. The fourth-order valence-corrected chi connectivity index (χ4v) is 3.69. The van der Waals surface area contributed by atoms with Crippen LogP contribution in [-0.4, -0.2) is 19.3 Å². The summed E-state index contributed by atoms with van der Waals surface area (Å²) in [6, 6.07) is 12.7. The average Bonchev–Trinajstić information content (AvgIpc) is 2.58. The predicted octanol–water partition coefficient (Wildman–Crippen LogP) is 3.16. The molecule has 2 aromatic carbocycles. The van der Waals surface area contributed by atoms with Crippen molar-refractivity contribution in [1.82, 2.24) is 15.2 Å². The fraction of sp³-hybridized carbons (Fsp3) is 0. The number of rotatable bonds is 4. The van der Waals surface area contributed by atoms with Crippen LogP contribution < -0.4 is 10.3 Å². The molecule has 0 aliphatic heterocycles. The normalized spacial score (nSPS) is 11.4. The Kier molecular flexibility index (Phi) is 4.91. The molecule has 0 atom stereocenters. The number of nitrogens with one attached hydrogen (secondary N) is 2. The van der Waals surface area contributed by atoms with Crippen LogP contribution in [0.4, 0.5) is 0 Å². The average molecular weight is 396 g/mol. The lowest BCUT2D eigenvalue weighted by molar-refractivity contribution is 0.0945. The number of hydrogen-bond donors (Lipinski definition) is 2. The monoisotopic (exact) mass is 395 g/mol. The quantitative estimate of drug-likeness (QED) is 0.664. The molecule has 0 spiro atoms. The van der Waals surface area contributed by atoms with Gasteiger partial charge in [-0.15, -0.1) is 4.83 Å². The second-order valence-electron chi connectivity index (χ2n) is 5.08. The third-order valence-electron chi connectivity index (χ3n) is 3.30. The molecule has 2 N–H and O–H groups in total. The molecule has 0 aliphatic carbocycles. The number of para-hydroxylation sites is 1. The summed E-state index contributed by atoms with van der Waals surface area (Å²) in [6.45, 7) is 0. The number of pyridine rings is 1. The highest BCUT2D eigenvalue weighted by Crippen LogP contribution is 2.22. The van der Waals surface area contributed by atoms with E-state index in [4.69, 9.17) is 23.2 Å². The number of fused-ring (bicyclic) bond motifs is 1. The van der Waals surface area contributed by atoms with Crippen molar-refractivity contribution >= 4 is 50.0 Å². The van der Waals surface area contributed by atoms with E-state index >= 15 is 0 Å². The van der Waals surface area contributed by atoms with Crippen LogP contribution >= 0.6 is 23.2 Å². The highest BCUT2D eigenvalue weighted by molar-refractivity contribution is 7.89. The van der Waals surface area contributed by atoms with Crippen molar-refractivity contribution in [3.05, 3.63) is 70.3 Å². The first-order chi connectivity index (χ1) is 11.8. The van der Waals surface area contributed by atoms with Gasteiger partial charge in [-0.05, 0) is 30.3 Å². The summed E-state index contributed by atoms with van der Waals surface area (Å²) < 4.78 is 24.5. The zero-order chi connectivity index (χ0) is 18.0. The minimum atomic E-state index is -4.02. The van der Waals surface area contributed by atoms with E-state index in [-0.39, 0.29) is 20.5 Å². The van der Waals surface area contributed by atoms with Crippen LogP contribution in [-0.2, 0) is 10.0 Å². The number of carbonyl (C=O) groups is 1.